The lowest BCUT2D eigenvalue weighted by Gasteiger charge is -2.46. The van der Waals surface area contributed by atoms with Crippen molar-refractivity contribution < 1.29 is 64.6 Å². The predicted octanol–water partition coefficient (Wildman–Crippen LogP) is 6.61. The molecule has 14 heteroatoms. The molecule has 0 saturated carbocycles. The summed E-state index contributed by atoms with van der Waals surface area (Å²) in [6.45, 7) is 2.51. The molecule has 12 unspecified atom stereocenters. The monoisotopic (exact) mass is 906 g/mol. The van der Waals surface area contributed by atoms with Gasteiger partial charge in [-0.15, -0.1) is 0 Å². The van der Waals surface area contributed by atoms with Crippen LogP contribution in [0.4, 0.5) is 0 Å². The Morgan fingerprint density at radius 1 is 0.508 bits per heavy atom. The number of nitrogens with one attached hydrogen (secondary N) is 1. The van der Waals surface area contributed by atoms with Gasteiger partial charge in [0.05, 0.1) is 32.0 Å². The van der Waals surface area contributed by atoms with E-state index < -0.39 is 86.8 Å². The predicted molar refractivity (Wildman–Crippen MR) is 245 cm³/mol. The molecule has 12 atom stereocenters. The molecule has 0 aromatic heterocycles. The molecule has 2 aliphatic rings. The zero-order valence-electron chi connectivity index (χ0n) is 39.6. The van der Waals surface area contributed by atoms with Gasteiger partial charge in [-0.2, -0.15) is 0 Å². The van der Waals surface area contributed by atoms with E-state index >= 15 is 0 Å². The number of ether oxygens (including phenoxy) is 4. The van der Waals surface area contributed by atoms with Crippen molar-refractivity contribution in [1.29, 1.82) is 0 Å². The van der Waals surface area contributed by atoms with Gasteiger partial charge < -0.3 is 65.1 Å². The summed E-state index contributed by atoms with van der Waals surface area (Å²) in [7, 11) is 0. The SMILES string of the molecule is CCCCCCCCCCCCCCCCCCCCCCCCCCCCCCC(O)C(COC1OC(CO)C(OC2OC(CO)C(O)C(O)C2O)C(O)C1O)NC(=O)CCC. The van der Waals surface area contributed by atoms with E-state index in [1.54, 1.807) is 0 Å². The molecule has 63 heavy (non-hydrogen) atoms. The fourth-order valence-corrected chi connectivity index (χ4v) is 8.87. The highest BCUT2D eigenvalue weighted by Gasteiger charge is 2.51. The second kappa shape index (κ2) is 37.0. The first-order valence-corrected chi connectivity index (χ1v) is 25.8. The van der Waals surface area contributed by atoms with E-state index in [0.717, 1.165) is 25.7 Å². The smallest absolute Gasteiger partial charge is 0.220 e. The molecule has 0 aromatic carbocycles. The van der Waals surface area contributed by atoms with Crippen LogP contribution in [-0.2, 0) is 23.7 Å². The standard InChI is InChI=1S/C49H95NO13/c1-3-5-6-7-8-9-10-11-12-13-14-15-16-17-18-19-20-21-22-23-24-25-26-27-28-29-30-31-33-38(53)37(50-41(54)32-4-2)36-60-48-46(59)44(57)47(40(35-52)62-48)63-49-45(58)43(56)42(55)39(34-51)61-49/h37-40,42-49,51-53,55-59H,3-36H2,1-2H3,(H,50,54). The highest BCUT2D eigenvalue weighted by molar-refractivity contribution is 5.76. The van der Waals surface area contributed by atoms with Crippen LogP contribution in [0, 0.1) is 0 Å². The van der Waals surface area contributed by atoms with Gasteiger partial charge in [0, 0.05) is 6.42 Å². The number of hydrogen-bond donors (Lipinski definition) is 9. The summed E-state index contributed by atoms with van der Waals surface area (Å²) in [5, 5.41) is 85.9. The van der Waals surface area contributed by atoms with Crippen LogP contribution in [0.15, 0.2) is 0 Å². The van der Waals surface area contributed by atoms with Crippen molar-refractivity contribution in [1.82, 2.24) is 5.32 Å². The summed E-state index contributed by atoms with van der Waals surface area (Å²) in [4.78, 5) is 12.5. The third-order valence-corrected chi connectivity index (χ3v) is 13.0. The van der Waals surface area contributed by atoms with Crippen molar-refractivity contribution in [2.75, 3.05) is 19.8 Å². The van der Waals surface area contributed by atoms with Crippen LogP contribution in [0.25, 0.3) is 0 Å². The minimum Gasteiger partial charge on any atom is -0.394 e. The van der Waals surface area contributed by atoms with Crippen LogP contribution < -0.4 is 5.32 Å². The van der Waals surface area contributed by atoms with E-state index in [2.05, 4.69) is 12.2 Å². The van der Waals surface area contributed by atoms with Crippen LogP contribution >= 0.6 is 0 Å². The average molecular weight is 906 g/mol. The molecule has 0 aromatic rings. The van der Waals surface area contributed by atoms with E-state index in [1.165, 1.54) is 154 Å². The van der Waals surface area contributed by atoms with E-state index in [1.807, 2.05) is 6.92 Å². The minimum atomic E-state index is -1.78. The van der Waals surface area contributed by atoms with Gasteiger partial charge in [0.2, 0.25) is 5.91 Å². The van der Waals surface area contributed by atoms with Crippen molar-refractivity contribution in [3.8, 4) is 0 Å². The lowest BCUT2D eigenvalue weighted by Crippen LogP contribution is -2.65. The number of aliphatic hydroxyl groups is 8. The molecule has 0 radical (unpaired) electrons. The zero-order valence-corrected chi connectivity index (χ0v) is 39.6. The van der Waals surface area contributed by atoms with Crippen molar-refractivity contribution in [3.63, 3.8) is 0 Å². The van der Waals surface area contributed by atoms with Gasteiger partial charge in [0.25, 0.3) is 0 Å². The Bertz CT molecular complexity index is 1070. The lowest BCUT2D eigenvalue weighted by atomic mass is 9.97. The molecule has 0 bridgehead atoms. The molecule has 2 saturated heterocycles. The van der Waals surface area contributed by atoms with Gasteiger partial charge >= 0.3 is 0 Å². The van der Waals surface area contributed by atoms with Gasteiger partial charge in [0.1, 0.15) is 48.8 Å². The van der Waals surface area contributed by atoms with Gasteiger partial charge in [0.15, 0.2) is 12.6 Å². The number of hydrogen-bond acceptors (Lipinski definition) is 13. The van der Waals surface area contributed by atoms with Crippen LogP contribution in [0.2, 0.25) is 0 Å². The zero-order chi connectivity index (χ0) is 46.1. The average Bonchev–Trinajstić information content (AvgIpc) is 3.28. The summed E-state index contributed by atoms with van der Waals surface area (Å²) >= 11 is 0. The Hall–Kier alpha value is -1.01. The summed E-state index contributed by atoms with van der Waals surface area (Å²) < 4.78 is 22.5. The van der Waals surface area contributed by atoms with E-state index in [0.29, 0.717) is 12.8 Å². The normalized spacial score (nSPS) is 27.4. The molecular weight excluding hydrogens is 811 g/mol. The summed E-state index contributed by atoms with van der Waals surface area (Å²) in [5.41, 5.74) is 0. The maximum Gasteiger partial charge on any atom is 0.220 e. The van der Waals surface area contributed by atoms with Crippen LogP contribution in [0.3, 0.4) is 0 Å². The number of carbonyl (C=O) groups excluding carboxylic acids is 1. The highest BCUT2D eigenvalue weighted by atomic mass is 16.7. The van der Waals surface area contributed by atoms with Crippen molar-refractivity contribution in [3.05, 3.63) is 0 Å². The third-order valence-electron chi connectivity index (χ3n) is 13.0. The first-order chi connectivity index (χ1) is 30.6. The summed E-state index contributed by atoms with van der Waals surface area (Å²) in [6, 6.07) is -0.818. The summed E-state index contributed by atoms with van der Waals surface area (Å²) in [5.74, 6) is -0.257. The Morgan fingerprint density at radius 2 is 0.905 bits per heavy atom. The molecule has 2 rings (SSSR count). The van der Waals surface area contributed by atoms with Crippen LogP contribution in [-0.4, -0.2) is 140 Å². The number of aliphatic hydroxyl groups excluding tert-OH is 8. The lowest BCUT2D eigenvalue weighted by molar-refractivity contribution is -0.359. The van der Waals surface area contributed by atoms with Crippen LogP contribution in [0.1, 0.15) is 213 Å². The van der Waals surface area contributed by atoms with Crippen molar-refractivity contribution in [2.24, 2.45) is 0 Å². The number of amides is 1. The van der Waals surface area contributed by atoms with E-state index in [9.17, 15) is 45.6 Å². The maximum absolute atomic E-state index is 12.5. The van der Waals surface area contributed by atoms with Crippen molar-refractivity contribution in [2.45, 2.75) is 286 Å². The Balaban J connectivity index is 1.53. The molecule has 14 nitrogen and oxygen atoms in total. The quantitative estimate of drug-likeness (QED) is 0.0296. The molecule has 374 valence electrons. The van der Waals surface area contributed by atoms with Gasteiger partial charge in [-0.1, -0.05) is 194 Å². The number of rotatable bonds is 40. The topological polar surface area (TPSA) is 228 Å². The first-order valence-electron chi connectivity index (χ1n) is 25.8. The second-order valence-corrected chi connectivity index (χ2v) is 18.7. The molecule has 9 N–H and O–H groups in total. The Labute approximate surface area is 381 Å². The molecule has 2 fully saturated rings. The molecule has 2 aliphatic heterocycles. The van der Waals surface area contributed by atoms with Crippen molar-refractivity contribution >= 4 is 5.91 Å². The van der Waals surface area contributed by atoms with E-state index in [-0.39, 0.29) is 18.9 Å². The largest absolute Gasteiger partial charge is 0.394 e. The van der Waals surface area contributed by atoms with E-state index in [4.69, 9.17) is 18.9 Å². The highest BCUT2D eigenvalue weighted by Crippen LogP contribution is 2.30. The fourth-order valence-electron chi connectivity index (χ4n) is 8.87. The first kappa shape index (κ1) is 58.1. The van der Waals surface area contributed by atoms with Gasteiger partial charge in [-0.3, -0.25) is 4.79 Å². The second-order valence-electron chi connectivity index (χ2n) is 18.7. The third kappa shape index (κ3) is 24.5. The van der Waals surface area contributed by atoms with Crippen LogP contribution in [0.5, 0.6) is 0 Å². The summed E-state index contributed by atoms with van der Waals surface area (Å²) in [6.07, 6.45) is 21.9. The van der Waals surface area contributed by atoms with Gasteiger partial charge in [-0.05, 0) is 12.8 Å². The molecule has 1 amide bonds. The molecule has 2 heterocycles. The minimum absolute atomic E-state index is 0.249. The Kier molecular flexibility index (Phi) is 34.2. The molecule has 0 spiro atoms. The number of carbonyl (C=O) groups is 1. The molecular formula is C49H95NO13. The number of unbranched alkanes of at least 4 members (excludes halogenated alkanes) is 27. The Morgan fingerprint density at radius 3 is 1.32 bits per heavy atom. The molecule has 0 aliphatic carbocycles. The van der Waals surface area contributed by atoms with Gasteiger partial charge in [-0.25, -0.2) is 0 Å². The maximum atomic E-state index is 12.5. The fraction of sp³-hybridized carbons (Fsp3) is 0.980.